The fraction of sp³-hybridized carbons (Fsp3) is 0. The molecular formula is C14H9F2N3O. The second-order valence-electron chi connectivity index (χ2n) is 4.14. The summed E-state index contributed by atoms with van der Waals surface area (Å²) in [4.78, 5) is 3.99. The number of pyridine rings is 1. The number of rotatable bonds is 2. The van der Waals surface area contributed by atoms with Crippen LogP contribution in [0.25, 0.3) is 22.5 Å². The fourth-order valence-electron chi connectivity index (χ4n) is 1.93. The molecule has 0 bridgehead atoms. The van der Waals surface area contributed by atoms with Gasteiger partial charge in [-0.1, -0.05) is 11.2 Å². The van der Waals surface area contributed by atoms with Crippen LogP contribution in [0.3, 0.4) is 0 Å². The molecule has 0 amide bonds. The summed E-state index contributed by atoms with van der Waals surface area (Å²) in [7, 11) is 0. The van der Waals surface area contributed by atoms with Gasteiger partial charge in [0.05, 0.1) is 5.56 Å². The van der Waals surface area contributed by atoms with E-state index in [4.69, 9.17) is 10.3 Å². The molecule has 0 atom stereocenters. The Labute approximate surface area is 112 Å². The lowest BCUT2D eigenvalue weighted by Crippen LogP contribution is -1.90. The van der Waals surface area contributed by atoms with Crippen molar-refractivity contribution in [2.45, 2.75) is 0 Å². The summed E-state index contributed by atoms with van der Waals surface area (Å²) >= 11 is 0. The van der Waals surface area contributed by atoms with Gasteiger partial charge in [0.25, 0.3) is 0 Å². The van der Waals surface area contributed by atoms with Crippen LogP contribution in [-0.4, -0.2) is 10.1 Å². The molecular weight excluding hydrogens is 264 g/mol. The van der Waals surface area contributed by atoms with Crippen molar-refractivity contribution in [1.82, 2.24) is 10.1 Å². The third-order valence-corrected chi connectivity index (χ3v) is 2.85. The van der Waals surface area contributed by atoms with E-state index in [1.807, 2.05) is 0 Å². The number of nitrogens with zero attached hydrogens (tertiary/aromatic N) is 2. The lowest BCUT2D eigenvalue weighted by Gasteiger charge is -2.02. The van der Waals surface area contributed by atoms with Gasteiger partial charge in [-0.15, -0.1) is 0 Å². The third kappa shape index (κ3) is 2.01. The van der Waals surface area contributed by atoms with Crippen LogP contribution in [0, 0.1) is 11.6 Å². The molecule has 2 aromatic heterocycles. The molecule has 3 rings (SSSR count). The predicted molar refractivity (Wildman–Crippen MR) is 69.5 cm³/mol. The number of anilines is 1. The van der Waals surface area contributed by atoms with E-state index in [2.05, 4.69) is 10.1 Å². The summed E-state index contributed by atoms with van der Waals surface area (Å²) in [5, 5.41) is 3.68. The Morgan fingerprint density at radius 1 is 1.05 bits per heavy atom. The molecule has 0 saturated carbocycles. The smallest absolute Gasteiger partial charge is 0.177 e. The highest BCUT2D eigenvalue weighted by Crippen LogP contribution is 2.36. The minimum atomic E-state index is -0.963. The summed E-state index contributed by atoms with van der Waals surface area (Å²) in [6.07, 6.45) is 3.21. The molecule has 1 aromatic carbocycles. The zero-order valence-corrected chi connectivity index (χ0v) is 10.2. The Hall–Kier alpha value is -2.76. The Bertz CT molecular complexity index is 756. The Morgan fingerprint density at radius 2 is 1.90 bits per heavy atom. The minimum Gasteiger partial charge on any atom is -0.380 e. The first-order valence-corrected chi connectivity index (χ1v) is 5.78. The number of nitrogen functional groups attached to an aromatic ring is 1. The lowest BCUT2D eigenvalue weighted by molar-refractivity contribution is 0.435. The van der Waals surface area contributed by atoms with E-state index in [1.165, 1.54) is 6.07 Å². The quantitative estimate of drug-likeness (QED) is 0.778. The standard InChI is InChI=1S/C14H9F2N3O/c15-10-4-3-8(6-11(10)16)13-12(14(17)19-20-13)9-2-1-5-18-7-9/h1-7H,(H2,17,19). The number of hydrogen-bond acceptors (Lipinski definition) is 4. The van der Waals surface area contributed by atoms with E-state index in [0.717, 1.165) is 12.1 Å². The number of halogens is 2. The zero-order chi connectivity index (χ0) is 14.1. The van der Waals surface area contributed by atoms with Gasteiger partial charge in [-0.3, -0.25) is 4.98 Å². The molecule has 0 saturated heterocycles. The second kappa shape index (κ2) is 4.73. The van der Waals surface area contributed by atoms with Crippen molar-refractivity contribution in [2.75, 3.05) is 5.73 Å². The van der Waals surface area contributed by atoms with Crippen LogP contribution in [0.1, 0.15) is 0 Å². The van der Waals surface area contributed by atoms with Crippen LogP contribution in [0.5, 0.6) is 0 Å². The van der Waals surface area contributed by atoms with Gasteiger partial charge in [0.15, 0.2) is 23.2 Å². The molecule has 3 aromatic rings. The van der Waals surface area contributed by atoms with Crippen molar-refractivity contribution in [1.29, 1.82) is 0 Å². The van der Waals surface area contributed by atoms with Gasteiger partial charge in [0.1, 0.15) is 0 Å². The molecule has 0 aliphatic rings. The average molecular weight is 273 g/mol. The van der Waals surface area contributed by atoms with Crippen LogP contribution in [-0.2, 0) is 0 Å². The molecule has 0 spiro atoms. The molecule has 100 valence electrons. The van der Waals surface area contributed by atoms with Gasteiger partial charge < -0.3 is 10.3 Å². The summed E-state index contributed by atoms with van der Waals surface area (Å²) < 4.78 is 31.5. The zero-order valence-electron chi connectivity index (χ0n) is 10.2. The maximum Gasteiger partial charge on any atom is 0.177 e. The van der Waals surface area contributed by atoms with Crippen LogP contribution >= 0.6 is 0 Å². The van der Waals surface area contributed by atoms with Gasteiger partial charge in [-0.25, -0.2) is 8.78 Å². The maximum absolute atomic E-state index is 13.3. The molecule has 0 aliphatic heterocycles. The van der Waals surface area contributed by atoms with Crippen molar-refractivity contribution >= 4 is 5.82 Å². The number of nitrogens with two attached hydrogens (primary N) is 1. The number of aromatic nitrogens is 2. The van der Waals surface area contributed by atoms with E-state index >= 15 is 0 Å². The van der Waals surface area contributed by atoms with Gasteiger partial charge in [0, 0.05) is 23.5 Å². The first-order valence-electron chi connectivity index (χ1n) is 5.78. The van der Waals surface area contributed by atoms with Gasteiger partial charge >= 0.3 is 0 Å². The van der Waals surface area contributed by atoms with E-state index in [1.54, 1.807) is 24.5 Å². The molecule has 2 heterocycles. The average Bonchev–Trinajstić information content (AvgIpc) is 2.85. The van der Waals surface area contributed by atoms with Crippen molar-refractivity contribution in [3.63, 3.8) is 0 Å². The van der Waals surface area contributed by atoms with E-state index in [9.17, 15) is 8.78 Å². The summed E-state index contributed by atoms with van der Waals surface area (Å²) in [5.74, 6) is -1.45. The minimum absolute atomic E-state index is 0.165. The van der Waals surface area contributed by atoms with Crippen LogP contribution in [0.2, 0.25) is 0 Å². The topological polar surface area (TPSA) is 64.9 Å². The molecule has 6 heteroatoms. The first-order chi connectivity index (χ1) is 9.66. The van der Waals surface area contributed by atoms with Crippen LogP contribution in [0.15, 0.2) is 47.2 Å². The van der Waals surface area contributed by atoms with Gasteiger partial charge in [-0.05, 0) is 24.3 Å². The van der Waals surface area contributed by atoms with Gasteiger partial charge in [-0.2, -0.15) is 0 Å². The molecule has 20 heavy (non-hydrogen) atoms. The monoisotopic (exact) mass is 273 g/mol. The maximum atomic E-state index is 13.3. The van der Waals surface area contributed by atoms with Crippen molar-refractivity contribution in [3.05, 3.63) is 54.4 Å². The molecule has 0 radical (unpaired) electrons. The number of hydrogen-bond donors (Lipinski definition) is 1. The van der Waals surface area contributed by atoms with E-state index in [-0.39, 0.29) is 11.6 Å². The molecule has 0 fully saturated rings. The summed E-state index contributed by atoms with van der Waals surface area (Å²) in [5.41, 5.74) is 7.32. The lowest BCUT2D eigenvalue weighted by atomic mass is 10.0. The third-order valence-electron chi connectivity index (χ3n) is 2.85. The van der Waals surface area contributed by atoms with Crippen molar-refractivity contribution in [2.24, 2.45) is 0 Å². The molecule has 2 N–H and O–H groups in total. The Morgan fingerprint density at radius 3 is 2.60 bits per heavy atom. The highest BCUT2D eigenvalue weighted by molar-refractivity contribution is 5.86. The summed E-state index contributed by atoms with van der Waals surface area (Å²) in [6, 6.07) is 6.97. The highest BCUT2D eigenvalue weighted by Gasteiger charge is 2.18. The first kappa shape index (κ1) is 12.3. The van der Waals surface area contributed by atoms with E-state index < -0.39 is 11.6 Å². The van der Waals surface area contributed by atoms with Crippen LogP contribution in [0.4, 0.5) is 14.6 Å². The van der Waals surface area contributed by atoms with Crippen molar-refractivity contribution < 1.29 is 13.3 Å². The molecule has 4 nitrogen and oxygen atoms in total. The fourth-order valence-corrected chi connectivity index (χ4v) is 1.93. The van der Waals surface area contributed by atoms with Gasteiger partial charge in [0.2, 0.25) is 0 Å². The van der Waals surface area contributed by atoms with E-state index in [0.29, 0.717) is 16.7 Å². The normalized spacial score (nSPS) is 10.7. The van der Waals surface area contributed by atoms with Crippen LogP contribution < -0.4 is 5.73 Å². The summed E-state index contributed by atoms with van der Waals surface area (Å²) in [6.45, 7) is 0. The molecule has 0 unspecified atom stereocenters. The highest BCUT2D eigenvalue weighted by atomic mass is 19.2. The Balaban J connectivity index is 2.18. The Kier molecular flexibility index (Phi) is 2.90. The SMILES string of the molecule is Nc1noc(-c2ccc(F)c(F)c2)c1-c1cccnc1. The molecule has 0 aliphatic carbocycles. The second-order valence-corrected chi connectivity index (χ2v) is 4.14. The van der Waals surface area contributed by atoms with Crippen molar-refractivity contribution in [3.8, 4) is 22.5 Å². The number of benzene rings is 1. The largest absolute Gasteiger partial charge is 0.380 e. The predicted octanol–water partition coefficient (Wildman–Crippen LogP) is 3.26.